The van der Waals surface area contributed by atoms with Gasteiger partial charge in [0.2, 0.25) is 5.91 Å². The Kier molecular flexibility index (Phi) is 8.49. The number of para-hydroxylation sites is 1. The number of carbonyl (C=O) groups is 1. The first kappa shape index (κ1) is 17.8. The number of ether oxygens (including phenoxy) is 1. The lowest BCUT2D eigenvalue weighted by molar-refractivity contribution is -0.119. The highest BCUT2D eigenvalue weighted by Gasteiger charge is 2.03. The molecule has 0 heterocycles. The van der Waals surface area contributed by atoms with E-state index in [1.54, 1.807) is 7.11 Å². The van der Waals surface area contributed by atoms with Crippen molar-refractivity contribution < 1.29 is 9.53 Å². The molecule has 0 aromatic heterocycles. The molecule has 0 bridgehead atoms. The van der Waals surface area contributed by atoms with Gasteiger partial charge in [-0.2, -0.15) is 0 Å². The summed E-state index contributed by atoms with van der Waals surface area (Å²) in [6.45, 7) is 6.07. The van der Waals surface area contributed by atoms with Crippen LogP contribution in [0.4, 0.5) is 0 Å². The molecule has 6 heteroatoms. The van der Waals surface area contributed by atoms with Crippen LogP contribution in [0.1, 0.15) is 19.4 Å². The first-order chi connectivity index (χ1) is 10.7. The molecule has 0 aliphatic rings. The molecule has 6 nitrogen and oxygen atoms in total. The fourth-order valence-corrected chi connectivity index (χ4v) is 1.97. The van der Waals surface area contributed by atoms with Crippen LogP contribution < -0.4 is 20.7 Å². The monoisotopic (exact) mass is 306 g/mol. The molecule has 1 rings (SSSR count). The number of amides is 1. The lowest BCUT2D eigenvalue weighted by Gasteiger charge is -2.12. The molecule has 0 fully saturated rings. The van der Waals surface area contributed by atoms with Crippen LogP contribution in [0.15, 0.2) is 29.3 Å². The summed E-state index contributed by atoms with van der Waals surface area (Å²) < 4.78 is 5.33. The van der Waals surface area contributed by atoms with Crippen LogP contribution in [0.3, 0.4) is 0 Å². The van der Waals surface area contributed by atoms with Crippen molar-refractivity contribution in [3.63, 3.8) is 0 Å². The highest BCUT2D eigenvalue weighted by molar-refractivity contribution is 5.84. The molecule has 3 N–H and O–H groups in total. The first-order valence-corrected chi connectivity index (χ1v) is 7.62. The van der Waals surface area contributed by atoms with E-state index in [4.69, 9.17) is 4.74 Å². The second-order valence-corrected chi connectivity index (χ2v) is 4.64. The third-order valence-electron chi connectivity index (χ3n) is 2.98. The highest BCUT2D eigenvalue weighted by Crippen LogP contribution is 2.17. The Balaban J connectivity index is 2.50. The van der Waals surface area contributed by atoms with Crippen LogP contribution in [0.2, 0.25) is 0 Å². The fourth-order valence-electron chi connectivity index (χ4n) is 1.97. The quantitative estimate of drug-likeness (QED) is 0.493. The minimum atomic E-state index is -0.0792. The molecular weight excluding hydrogens is 280 g/mol. The van der Waals surface area contributed by atoms with Gasteiger partial charge in [0.05, 0.1) is 7.11 Å². The molecule has 0 aliphatic carbocycles. The highest BCUT2D eigenvalue weighted by atomic mass is 16.5. The molecule has 1 aromatic carbocycles. The number of methoxy groups -OCH3 is 1. The molecule has 0 saturated heterocycles. The Bertz CT molecular complexity index is 489. The minimum Gasteiger partial charge on any atom is -0.496 e. The number of hydrogen-bond donors (Lipinski definition) is 3. The number of rotatable bonds is 8. The number of likely N-dealkylation sites (N-methyl/N-ethyl adjacent to an activating group) is 1. The van der Waals surface area contributed by atoms with Crippen LogP contribution in [0.5, 0.6) is 5.75 Å². The SMILES string of the molecule is CCNC(=O)CN=C(NCC)NCCc1ccccc1OC. The van der Waals surface area contributed by atoms with Crippen molar-refractivity contribution in [1.29, 1.82) is 0 Å². The molecule has 0 atom stereocenters. The number of nitrogens with zero attached hydrogens (tertiary/aromatic N) is 1. The first-order valence-electron chi connectivity index (χ1n) is 7.62. The summed E-state index contributed by atoms with van der Waals surface area (Å²) in [6, 6.07) is 7.93. The Morgan fingerprint density at radius 2 is 1.86 bits per heavy atom. The van der Waals surface area contributed by atoms with Crippen LogP contribution in [0.25, 0.3) is 0 Å². The van der Waals surface area contributed by atoms with Gasteiger partial charge < -0.3 is 20.7 Å². The number of hydrogen-bond acceptors (Lipinski definition) is 3. The van der Waals surface area contributed by atoms with Gasteiger partial charge in [0.1, 0.15) is 12.3 Å². The normalized spacial score (nSPS) is 11.0. The van der Waals surface area contributed by atoms with Gasteiger partial charge in [-0.15, -0.1) is 0 Å². The molecule has 22 heavy (non-hydrogen) atoms. The molecular formula is C16H26N4O2. The molecule has 0 unspecified atom stereocenters. The fraction of sp³-hybridized carbons (Fsp3) is 0.500. The van der Waals surface area contributed by atoms with Crippen molar-refractivity contribution in [2.24, 2.45) is 4.99 Å². The summed E-state index contributed by atoms with van der Waals surface area (Å²) in [5, 5.41) is 9.07. The van der Waals surface area contributed by atoms with Crippen molar-refractivity contribution >= 4 is 11.9 Å². The number of guanidine groups is 1. The summed E-state index contributed by atoms with van der Waals surface area (Å²) in [4.78, 5) is 15.7. The zero-order chi connectivity index (χ0) is 16.2. The molecule has 0 aliphatic heterocycles. The molecule has 122 valence electrons. The largest absolute Gasteiger partial charge is 0.496 e. The second-order valence-electron chi connectivity index (χ2n) is 4.64. The van der Waals surface area contributed by atoms with Crippen LogP contribution in [-0.4, -0.2) is 45.2 Å². The van der Waals surface area contributed by atoms with Crippen molar-refractivity contribution in [1.82, 2.24) is 16.0 Å². The average molecular weight is 306 g/mol. The third-order valence-corrected chi connectivity index (χ3v) is 2.98. The number of benzene rings is 1. The topological polar surface area (TPSA) is 74.8 Å². The average Bonchev–Trinajstić information content (AvgIpc) is 2.53. The molecule has 1 aromatic rings. The predicted molar refractivity (Wildman–Crippen MR) is 89.4 cm³/mol. The summed E-state index contributed by atoms with van der Waals surface area (Å²) in [5.74, 6) is 1.45. The van der Waals surface area contributed by atoms with Crippen LogP contribution in [0, 0.1) is 0 Å². The zero-order valence-electron chi connectivity index (χ0n) is 13.6. The Morgan fingerprint density at radius 1 is 1.14 bits per heavy atom. The summed E-state index contributed by atoms with van der Waals surface area (Å²) in [6.07, 6.45) is 0.815. The summed E-state index contributed by atoms with van der Waals surface area (Å²) >= 11 is 0. The van der Waals surface area contributed by atoms with E-state index >= 15 is 0 Å². The lowest BCUT2D eigenvalue weighted by atomic mass is 10.1. The standard InChI is InChI=1S/C16H26N4O2/c1-4-17-15(21)12-20-16(18-5-2)19-11-10-13-8-6-7-9-14(13)22-3/h6-9H,4-5,10-12H2,1-3H3,(H,17,21)(H2,18,19,20). The van der Waals surface area contributed by atoms with Crippen molar-refractivity contribution in [2.45, 2.75) is 20.3 Å². The molecule has 0 spiro atoms. The van der Waals surface area contributed by atoms with Crippen LogP contribution >= 0.6 is 0 Å². The lowest BCUT2D eigenvalue weighted by Crippen LogP contribution is -2.39. The maximum atomic E-state index is 11.4. The van der Waals surface area contributed by atoms with Gasteiger partial charge in [0.15, 0.2) is 5.96 Å². The Hall–Kier alpha value is -2.24. The maximum Gasteiger partial charge on any atom is 0.241 e. The van der Waals surface area contributed by atoms with Gasteiger partial charge in [-0.3, -0.25) is 4.79 Å². The van der Waals surface area contributed by atoms with Crippen LogP contribution in [-0.2, 0) is 11.2 Å². The van der Waals surface area contributed by atoms with Crippen molar-refractivity contribution in [2.75, 3.05) is 33.3 Å². The summed E-state index contributed by atoms with van der Waals surface area (Å²) in [5.41, 5.74) is 1.14. The van der Waals surface area contributed by atoms with E-state index in [-0.39, 0.29) is 12.5 Å². The van der Waals surface area contributed by atoms with Gasteiger partial charge in [0.25, 0.3) is 0 Å². The summed E-state index contributed by atoms with van der Waals surface area (Å²) in [7, 11) is 1.67. The van der Waals surface area contributed by atoms with Gasteiger partial charge in [-0.05, 0) is 31.9 Å². The van der Waals surface area contributed by atoms with E-state index in [1.165, 1.54) is 0 Å². The smallest absolute Gasteiger partial charge is 0.241 e. The second kappa shape index (κ2) is 10.5. The van der Waals surface area contributed by atoms with E-state index in [2.05, 4.69) is 20.9 Å². The van der Waals surface area contributed by atoms with Gasteiger partial charge in [-0.1, -0.05) is 18.2 Å². The zero-order valence-corrected chi connectivity index (χ0v) is 13.6. The molecule has 0 saturated carbocycles. The van der Waals surface area contributed by atoms with Gasteiger partial charge in [0, 0.05) is 19.6 Å². The minimum absolute atomic E-state index is 0.0792. The number of nitrogens with one attached hydrogen (secondary N) is 3. The van der Waals surface area contributed by atoms with Gasteiger partial charge >= 0.3 is 0 Å². The van der Waals surface area contributed by atoms with E-state index in [9.17, 15) is 4.79 Å². The van der Waals surface area contributed by atoms with E-state index in [0.717, 1.165) is 24.3 Å². The maximum absolute atomic E-state index is 11.4. The number of carbonyl (C=O) groups excluding carboxylic acids is 1. The Morgan fingerprint density at radius 3 is 2.55 bits per heavy atom. The van der Waals surface area contributed by atoms with E-state index < -0.39 is 0 Å². The predicted octanol–water partition coefficient (Wildman–Crippen LogP) is 0.929. The third kappa shape index (κ3) is 6.47. The van der Waals surface area contributed by atoms with E-state index in [0.29, 0.717) is 19.0 Å². The van der Waals surface area contributed by atoms with Crippen molar-refractivity contribution in [3.8, 4) is 5.75 Å². The Labute approximate surface area is 132 Å². The van der Waals surface area contributed by atoms with Gasteiger partial charge in [-0.25, -0.2) is 4.99 Å². The number of aliphatic imine (C=N–C) groups is 1. The molecule has 1 amide bonds. The van der Waals surface area contributed by atoms with E-state index in [1.807, 2.05) is 38.1 Å². The molecule has 0 radical (unpaired) electrons. The van der Waals surface area contributed by atoms with Crippen molar-refractivity contribution in [3.05, 3.63) is 29.8 Å².